The predicted octanol–water partition coefficient (Wildman–Crippen LogP) is 1.34. The SMILES string of the molecule is COC(=O)C1CCN1Cc1cccc([N+](=O)[O-])c1. The number of hydrogen-bond donors (Lipinski definition) is 0. The third-order valence-electron chi connectivity index (χ3n) is 3.11. The highest BCUT2D eigenvalue weighted by atomic mass is 16.6. The summed E-state index contributed by atoms with van der Waals surface area (Å²) < 4.78 is 4.70. The molecule has 1 saturated heterocycles. The van der Waals surface area contributed by atoms with Crippen molar-refractivity contribution in [2.24, 2.45) is 0 Å². The van der Waals surface area contributed by atoms with Gasteiger partial charge in [0.1, 0.15) is 6.04 Å². The van der Waals surface area contributed by atoms with Crippen LogP contribution in [0.3, 0.4) is 0 Å². The number of ether oxygens (including phenoxy) is 1. The lowest BCUT2D eigenvalue weighted by atomic mass is 10.0. The molecule has 1 unspecified atom stereocenters. The van der Waals surface area contributed by atoms with Gasteiger partial charge < -0.3 is 4.74 Å². The molecule has 1 aliphatic heterocycles. The number of nitro groups is 1. The number of esters is 1. The zero-order valence-corrected chi connectivity index (χ0v) is 10.0. The molecule has 2 rings (SSSR count). The van der Waals surface area contributed by atoms with Gasteiger partial charge in [0.25, 0.3) is 5.69 Å². The van der Waals surface area contributed by atoms with E-state index in [-0.39, 0.29) is 17.7 Å². The monoisotopic (exact) mass is 250 g/mol. The van der Waals surface area contributed by atoms with Crippen molar-refractivity contribution in [1.29, 1.82) is 0 Å². The number of non-ortho nitro benzene ring substituents is 1. The molecule has 0 N–H and O–H groups in total. The summed E-state index contributed by atoms with van der Waals surface area (Å²) in [5.41, 5.74) is 0.903. The first-order chi connectivity index (χ1) is 8.61. The predicted molar refractivity (Wildman–Crippen MR) is 63.9 cm³/mol. The van der Waals surface area contributed by atoms with Gasteiger partial charge >= 0.3 is 5.97 Å². The summed E-state index contributed by atoms with van der Waals surface area (Å²) in [7, 11) is 1.37. The Balaban J connectivity index is 2.04. The van der Waals surface area contributed by atoms with Crippen LogP contribution in [0, 0.1) is 10.1 Å². The van der Waals surface area contributed by atoms with Crippen LogP contribution in [-0.4, -0.2) is 35.5 Å². The minimum atomic E-state index is -0.419. The molecule has 0 amide bonds. The van der Waals surface area contributed by atoms with E-state index in [0.717, 1.165) is 18.5 Å². The molecular weight excluding hydrogens is 236 g/mol. The third kappa shape index (κ3) is 2.48. The van der Waals surface area contributed by atoms with Crippen molar-refractivity contribution in [3.63, 3.8) is 0 Å². The Labute approximate surface area is 104 Å². The number of nitro benzene ring substituents is 1. The van der Waals surface area contributed by atoms with Crippen molar-refractivity contribution in [2.45, 2.75) is 19.0 Å². The van der Waals surface area contributed by atoms with Crippen LogP contribution in [0.25, 0.3) is 0 Å². The maximum atomic E-state index is 11.4. The van der Waals surface area contributed by atoms with Gasteiger partial charge in [-0.15, -0.1) is 0 Å². The smallest absolute Gasteiger partial charge is 0.323 e. The molecule has 96 valence electrons. The number of carbonyl (C=O) groups is 1. The van der Waals surface area contributed by atoms with Crippen molar-refractivity contribution in [2.75, 3.05) is 13.7 Å². The van der Waals surface area contributed by atoms with Crippen molar-refractivity contribution in [1.82, 2.24) is 4.90 Å². The Hall–Kier alpha value is -1.95. The van der Waals surface area contributed by atoms with Crippen LogP contribution in [0.2, 0.25) is 0 Å². The van der Waals surface area contributed by atoms with Gasteiger partial charge in [-0.3, -0.25) is 19.8 Å². The highest BCUT2D eigenvalue weighted by Gasteiger charge is 2.34. The minimum absolute atomic E-state index is 0.0719. The fourth-order valence-electron chi connectivity index (χ4n) is 2.04. The van der Waals surface area contributed by atoms with Crippen molar-refractivity contribution in [3.8, 4) is 0 Å². The lowest BCUT2D eigenvalue weighted by molar-refractivity contribution is -0.384. The van der Waals surface area contributed by atoms with Crippen LogP contribution < -0.4 is 0 Å². The number of carbonyl (C=O) groups excluding carboxylic acids is 1. The van der Waals surface area contributed by atoms with E-state index in [1.165, 1.54) is 19.2 Å². The number of benzene rings is 1. The summed E-state index contributed by atoms with van der Waals surface area (Å²) in [5, 5.41) is 10.7. The van der Waals surface area contributed by atoms with Gasteiger partial charge in [0.05, 0.1) is 12.0 Å². The Morgan fingerprint density at radius 1 is 1.61 bits per heavy atom. The zero-order valence-electron chi connectivity index (χ0n) is 10.0. The molecule has 1 fully saturated rings. The summed E-state index contributed by atoms with van der Waals surface area (Å²) in [4.78, 5) is 23.6. The van der Waals surface area contributed by atoms with E-state index in [1.807, 2.05) is 11.0 Å². The third-order valence-corrected chi connectivity index (χ3v) is 3.11. The molecule has 0 bridgehead atoms. The second-order valence-electron chi connectivity index (χ2n) is 4.23. The Kier molecular flexibility index (Phi) is 3.57. The van der Waals surface area contributed by atoms with Crippen molar-refractivity contribution >= 4 is 11.7 Å². The van der Waals surface area contributed by atoms with E-state index >= 15 is 0 Å². The highest BCUT2D eigenvalue weighted by molar-refractivity contribution is 5.76. The standard InChI is InChI=1S/C12H14N2O4/c1-18-12(15)11-5-6-13(11)8-9-3-2-4-10(7-9)14(16)17/h2-4,7,11H,5-6,8H2,1H3. The Morgan fingerprint density at radius 2 is 2.39 bits per heavy atom. The van der Waals surface area contributed by atoms with E-state index in [4.69, 9.17) is 4.74 Å². The maximum Gasteiger partial charge on any atom is 0.323 e. The molecule has 0 aliphatic carbocycles. The van der Waals surface area contributed by atoms with E-state index in [2.05, 4.69) is 0 Å². The Morgan fingerprint density at radius 3 is 2.94 bits per heavy atom. The van der Waals surface area contributed by atoms with Crippen LogP contribution >= 0.6 is 0 Å². The molecule has 1 atom stereocenters. The van der Waals surface area contributed by atoms with Crippen molar-refractivity contribution < 1.29 is 14.5 Å². The van der Waals surface area contributed by atoms with E-state index in [0.29, 0.717) is 6.54 Å². The summed E-state index contributed by atoms with van der Waals surface area (Å²) >= 11 is 0. The minimum Gasteiger partial charge on any atom is -0.468 e. The van der Waals surface area contributed by atoms with E-state index in [9.17, 15) is 14.9 Å². The second kappa shape index (κ2) is 5.14. The molecule has 6 nitrogen and oxygen atoms in total. The first-order valence-electron chi connectivity index (χ1n) is 5.67. The number of likely N-dealkylation sites (tertiary alicyclic amines) is 1. The van der Waals surface area contributed by atoms with Gasteiger partial charge in [0.15, 0.2) is 0 Å². The second-order valence-corrected chi connectivity index (χ2v) is 4.23. The number of rotatable bonds is 4. The molecule has 1 aromatic rings. The molecule has 0 radical (unpaired) electrons. The lowest BCUT2D eigenvalue weighted by Gasteiger charge is -2.38. The lowest BCUT2D eigenvalue weighted by Crippen LogP contribution is -2.52. The van der Waals surface area contributed by atoms with Gasteiger partial charge in [-0.1, -0.05) is 12.1 Å². The van der Waals surface area contributed by atoms with E-state index in [1.54, 1.807) is 6.07 Å². The molecule has 0 aromatic heterocycles. The first kappa shape index (κ1) is 12.5. The first-order valence-corrected chi connectivity index (χ1v) is 5.67. The van der Waals surface area contributed by atoms with Crippen molar-refractivity contribution in [3.05, 3.63) is 39.9 Å². The van der Waals surface area contributed by atoms with Crippen LogP contribution in [-0.2, 0) is 16.1 Å². The fourth-order valence-corrected chi connectivity index (χ4v) is 2.04. The van der Waals surface area contributed by atoms with Gasteiger partial charge in [-0.2, -0.15) is 0 Å². The molecule has 18 heavy (non-hydrogen) atoms. The quantitative estimate of drug-likeness (QED) is 0.458. The topological polar surface area (TPSA) is 72.7 Å². The zero-order chi connectivity index (χ0) is 13.1. The molecule has 0 saturated carbocycles. The van der Waals surface area contributed by atoms with Gasteiger partial charge in [0.2, 0.25) is 0 Å². The normalized spacial score (nSPS) is 19.1. The summed E-state index contributed by atoms with van der Waals surface area (Å²) in [5.74, 6) is -0.244. The maximum absolute atomic E-state index is 11.4. The summed E-state index contributed by atoms with van der Waals surface area (Å²) in [6, 6.07) is 6.25. The Bertz CT molecular complexity index is 475. The molecule has 0 spiro atoms. The molecular formula is C12H14N2O4. The summed E-state index contributed by atoms with van der Waals surface area (Å²) in [6.07, 6.45) is 0.779. The molecule has 1 aromatic carbocycles. The van der Waals surface area contributed by atoms with Crippen LogP contribution in [0.15, 0.2) is 24.3 Å². The van der Waals surface area contributed by atoms with Gasteiger partial charge in [0, 0.05) is 25.2 Å². The van der Waals surface area contributed by atoms with Gasteiger partial charge in [-0.05, 0) is 12.0 Å². The number of methoxy groups -OCH3 is 1. The molecule has 1 aliphatic rings. The highest BCUT2D eigenvalue weighted by Crippen LogP contribution is 2.23. The molecule has 1 heterocycles. The number of hydrogen-bond acceptors (Lipinski definition) is 5. The van der Waals surface area contributed by atoms with Crippen LogP contribution in [0.1, 0.15) is 12.0 Å². The fraction of sp³-hybridized carbons (Fsp3) is 0.417. The summed E-state index contributed by atoms with van der Waals surface area (Å²) in [6.45, 7) is 1.34. The van der Waals surface area contributed by atoms with Gasteiger partial charge in [-0.25, -0.2) is 0 Å². The number of nitrogens with zero attached hydrogens (tertiary/aromatic N) is 2. The van der Waals surface area contributed by atoms with Crippen LogP contribution in [0.5, 0.6) is 0 Å². The largest absolute Gasteiger partial charge is 0.468 e. The average Bonchev–Trinajstić information content (AvgIpc) is 2.34. The van der Waals surface area contributed by atoms with Crippen LogP contribution in [0.4, 0.5) is 5.69 Å². The molecule has 6 heteroatoms. The van der Waals surface area contributed by atoms with E-state index < -0.39 is 4.92 Å². The average molecular weight is 250 g/mol.